The number of fused-ring (bicyclic) bond motifs is 8. The van der Waals surface area contributed by atoms with E-state index in [4.69, 9.17) is 0 Å². The van der Waals surface area contributed by atoms with E-state index >= 15 is 0 Å². The fourth-order valence-corrected chi connectivity index (χ4v) is 11.8. The molecule has 0 N–H and O–H groups in total. The van der Waals surface area contributed by atoms with Crippen LogP contribution in [0.3, 0.4) is 0 Å². The van der Waals surface area contributed by atoms with Crippen molar-refractivity contribution in [3.05, 3.63) is 290 Å². The van der Waals surface area contributed by atoms with E-state index in [1.807, 2.05) is 0 Å². The Hall–Kier alpha value is -9.12. The highest BCUT2D eigenvalue weighted by atomic mass is 15.2. The molecule has 0 atom stereocenters. The predicted octanol–water partition coefficient (Wildman–Crippen LogP) is 15.4. The Labute approximate surface area is 414 Å². The van der Waals surface area contributed by atoms with Gasteiger partial charge in [-0.3, -0.25) is 0 Å². The quantitative estimate of drug-likeness (QED) is 0.111. The van der Waals surface area contributed by atoms with Gasteiger partial charge in [0, 0.05) is 50.8 Å². The molecule has 3 nitrogen and oxygen atoms in total. The first kappa shape index (κ1) is 40.9. The molecule has 0 unspecified atom stereocenters. The van der Waals surface area contributed by atoms with Gasteiger partial charge in [0.05, 0.1) is 16.7 Å². The fourth-order valence-electron chi connectivity index (χ4n) is 11.8. The van der Waals surface area contributed by atoms with Crippen molar-refractivity contribution in [2.45, 2.75) is 5.92 Å². The average Bonchev–Trinajstić information content (AvgIpc) is 3.79. The van der Waals surface area contributed by atoms with Crippen LogP contribution in [0.25, 0.3) is 49.7 Å². The van der Waals surface area contributed by atoms with Gasteiger partial charge in [0.2, 0.25) is 0 Å². The van der Waals surface area contributed by atoms with Crippen LogP contribution in [0.1, 0.15) is 22.6 Å². The minimum absolute atomic E-state index is 0.0303. The summed E-state index contributed by atoms with van der Waals surface area (Å²) in [5, 5.41) is 2.47. The molecule has 1 aromatic heterocycles. The Morgan fingerprint density at radius 1 is 0.310 bits per heavy atom. The maximum atomic E-state index is 2.58. The standard InChI is InChI=1S/C67H46BN3/c1-6-21-46(22-7-1)50-29-18-33-54(43-50)70-61-37-20-38-62-66(61)68(57-40-39-52(45-63(57)70)64(48-25-10-3-11-26-48)49-27-12-4-13-28-49)58-41-42-60-65(56-35-16-17-36-59(56)69(60)53-31-14-5-15-32-53)67(58)71(62)55-34-19-30-51(44-55)47-23-8-2-9-24-47/h1-45,64H. The molecule has 2 aliphatic rings. The number of aromatic nitrogens is 1. The third-order valence-electron chi connectivity index (χ3n) is 14.9. The van der Waals surface area contributed by atoms with Gasteiger partial charge in [-0.15, -0.1) is 0 Å². The molecule has 0 fully saturated rings. The van der Waals surface area contributed by atoms with Crippen molar-refractivity contribution >= 4 is 79.0 Å². The molecular formula is C67H46BN3. The number of anilines is 6. The normalized spacial score (nSPS) is 12.5. The van der Waals surface area contributed by atoms with Crippen LogP contribution in [-0.4, -0.2) is 11.3 Å². The zero-order valence-corrected chi connectivity index (χ0v) is 39.0. The van der Waals surface area contributed by atoms with Gasteiger partial charge in [-0.2, -0.15) is 0 Å². The molecule has 0 amide bonds. The lowest BCUT2D eigenvalue weighted by atomic mass is 9.33. The predicted molar refractivity (Wildman–Crippen MR) is 300 cm³/mol. The third kappa shape index (κ3) is 6.67. The largest absolute Gasteiger partial charge is 0.311 e. The SMILES string of the molecule is c1ccc(-c2cccc(N3c4cc(C(c5ccccc5)c5ccccc5)ccc4B4c5ccc6c(c5N(c5cccc(-c7ccccc7)c5)c5cccc3c54)c3ccccc3n6-c3ccccc3)c2)cc1. The smallest absolute Gasteiger partial charge is 0.252 e. The zero-order valence-electron chi connectivity index (χ0n) is 39.0. The topological polar surface area (TPSA) is 11.4 Å². The van der Waals surface area contributed by atoms with Crippen LogP contribution in [0.2, 0.25) is 0 Å². The second-order valence-corrected chi connectivity index (χ2v) is 18.8. The number of hydrogen-bond donors (Lipinski definition) is 0. The van der Waals surface area contributed by atoms with Crippen LogP contribution < -0.4 is 26.2 Å². The van der Waals surface area contributed by atoms with Crippen LogP contribution in [-0.2, 0) is 0 Å². The number of benzene rings is 11. The summed E-state index contributed by atoms with van der Waals surface area (Å²) in [6.07, 6.45) is 0. The van der Waals surface area contributed by atoms with Crippen molar-refractivity contribution in [1.82, 2.24) is 4.57 Å². The number of para-hydroxylation sites is 2. The first-order chi connectivity index (χ1) is 35.3. The van der Waals surface area contributed by atoms with Gasteiger partial charge in [0.15, 0.2) is 0 Å². The molecule has 2 aliphatic heterocycles. The summed E-state index contributed by atoms with van der Waals surface area (Å²) in [4.78, 5) is 5.14. The van der Waals surface area contributed by atoms with Crippen molar-refractivity contribution in [3.8, 4) is 27.9 Å². The molecule has 0 saturated heterocycles. The molecule has 332 valence electrons. The Morgan fingerprint density at radius 2 is 0.803 bits per heavy atom. The van der Waals surface area contributed by atoms with E-state index in [-0.39, 0.29) is 12.6 Å². The van der Waals surface area contributed by atoms with Gasteiger partial charge in [-0.05, 0) is 122 Å². The first-order valence-electron chi connectivity index (χ1n) is 24.7. The van der Waals surface area contributed by atoms with Crippen LogP contribution in [0, 0.1) is 0 Å². The number of rotatable bonds is 8. The van der Waals surface area contributed by atoms with E-state index in [1.165, 1.54) is 99.9 Å². The van der Waals surface area contributed by atoms with E-state index in [9.17, 15) is 0 Å². The molecule has 0 saturated carbocycles. The molecular weight excluding hydrogens is 858 g/mol. The maximum Gasteiger partial charge on any atom is 0.252 e. The molecule has 12 aromatic rings. The molecule has 0 bridgehead atoms. The van der Waals surface area contributed by atoms with Crippen LogP contribution >= 0.6 is 0 Å². The summed E-state index contributed by atoms with van der Waals surface area (Å²) in [6, 6.07) is 101. The van der Waals surface area contributed by atoms with Gasteiger partial charge in [-0.1, -0.05) is 206 Å². The summed E-state index contributed by atoms with van der Waals surface area (Å²) in [5.74, 6) is 0.0303. The van der Waals surface area contributed by atoms with Crippen LogP contribution in [0.15, 0.2) is 273 Å². The lowest BCUT2D eigenvalue weighted by Crippen LogP contribution is -2.61. The summed E-state index contributed by atoms with van der Waals surface area (Å²) < 4.78 is 2.45. The molecule has 0 aliphatic carbocycles. The molecule has 0 radical (unpaired) electrons. The summed E-state index contributed by atoms with van der Waals surface area (Å²) in [5.41, 5.74) is 22.9. The fraction of sp³-hybridized carbons (Fsp3) is 0.0149. The van der Waals surface area contributed by atoms with Gasteiger partial charge >= 0.3 is 0 Å². The molecule has 4 heteroatoms. The van der Waals surface area contributed by atoms with E-state index in [0.717, 1.165) is 17.1 Å². The minimum Gasteiger partial charge on any atom is -0.311 e. The van der Waals surface area contributed by atoms with Crippen molar-refractivity contribution < 1.29 is 0 Å². The average molecular weight is 904 g/mol. The van der Waals surface area contributed by atoms with E-state index in [2.05, 4.69) is 287 Å². The maximum absolute atomic E-state index is 2.58. The van der Waals surface area contributed by atoms with Crippen LogP contribution in [0.5, 0.6) is 0 Å². The van der Waals surface area contributed by atoms with Crippen molar-refractivity contribution in [2.75, 3.05) is 9.80 Å². The second-order valence-electron chi connectivity index (χ2n) is 18.8. The summed E-state index contributed by atoms with van der Waals surface area (Å²) in [7, 11) is 0. The monoisotopic (exact) mass is 903 g/mol. The van der Waals surface area contributed by atoms with Gasteiger partial charge in [0.1, 0.15) is 0 Å². The Morgan fingerprint density at radius 3 is 1.44 bits per heavy atom. The number of nitrogens with zero attached hydrogens (tertiary/aromatic N) is 3. The Balaban J connectivity index is 1.08. The third-order valence-corrected chi connectivity index (χ3v) is 14.9. The molecule has 3 heterocycles. The Kier molecular flexibility index (Phi) is 9.70. The zero-order chi connectivity index (χ0) is 46.8. The Bertz CT molecular complexity index is 3910. The second kappa shape index (κ2) is 16.8. The summed E-state index contributed by atoms with van der Waals surface area (Å²) in [6.45, 7) is -0.0718. The van der Waals surface area contributed by atoms with E-state index in [0.29, 0.717) is 0 Å². The molecule has 14 rings (SSSR count). The lowest BCUT2D eigenvalue weighted by molar-refractivity contribution is 0.977. The van der Waals surface area contributed by atoms with Gasteiger partial charge in [-0.25, -0.2) is 0 Å². The lowest BCUT2D eigenvalue weighted by Gasteiger charge is -2.44. The van der Waals surface area contributed by atoms with E-state index < -0.39 is 0 Å². The van der Waals surface area contributed by atoms with Gasteiger partial charge in [0.25, 0.3) is 6.71 Å². The number of hydrogen-bond acceptors (Lipinski definition) is 2. The molecule has 71 heavy (non-hydrogen) atoms. The van der Waals surface area contributed by atoms with Crippen LogP contribution in [0.4, 0.5) is 34.1 Å². The van der Waals surface area contributed by atoms with Crippen molar-refractivity contribution in [3.63, 3.8) is 0 Å². The molecule has 11 aromatic carbocycles. The minimum atomic E-state index is -0.0718. The first-order valence-corrected chi connectivity index (χ1v) is 24.7. The van der Waals surface area contributed by atoms with Gasteiger partial charge < -0.3 is 14.4 Å². The highest BCUT2D eigenvalue weighted by Crippen LogP contribution is 2.49. The van der Waals surface area contributed by atoms with Crippen molar-refractivity contribution in [2.24, 2.45) is 0 Å². The highest BCUT2D eigenvalue weighted by Gasteiger charge is 2.44. The summed E-state index contributed by atoms with van der Waals surface area (Å²) >= 11 is 0. The van der Waals surface area contributed by atoms with Crippen molar-refractivity contribution in [1.29, 1.82) is 0 Å². The van der Waals surface area contributed by atoms with E-state index in [1.54, 1.807) is 0 Å². The highest BCUT2D eigenvalue weighted by molar-refractivity contribution is 7.00. The molecule has 0 spiro atoms.